The molecule has 0 aromatic heterocycles. The summed E-state index contributed by atoms with van der Waals surface area (Å²) < 4.78 is 0. The van der Waals surface area contributed by atoms with Gasteiger partial charge in [-0.2, -0.15) is 0 Å². The Hall–Kier alpha value is -1.01. The number of carbonyl (C=O) groups excluding carboxylic acids is 1. The molecule has 0 saturated carbocycles. The van der Waals surface area contributed by atoms with Crippen molar-refractivity contribution in [2.45, 2.75) is 59.5 Å². The number of rotatable bonds is 5. The van der Waals surface area contributed by atoms with Crippen molar-refractivity contribution < 1.29 is 9.90 Å². The van der Waals surface area contributed by atoms with E-state index in [4.69, 9.17) is 17.3 Å². The Balaban J connectivity index is 0. The quantitative estimate of drug-likeness (QED) is 0.726. The van der Waals surface area contributed by atoms with E-state index in [1.165, 1.54) is 0 Å². The lowest BCUT2D eigenvalue weighted by Crippen LogP contribution is -2.27. The zero-order chi connectivity index (χ0) is 14.1. The Labute approximate surface area is 106 Å². The van der Waals surface area contributed by atoms with Crippen molar-refractivity contribution in [2.75, 3.05) is 0 Å². The highest BCUT2D eigenvalue weighted by Gasteiger charge is 2.18. The number of aliphatic hydroxyl groups is 1. The van der Waals surface area contributed by atoms with E-state index in [-0.39, 0.29) is 11.8 Å². The summed E-state index contributed by atoms with van der Waals surface area (Å²) >= 11 is 0. The van der Waals surface area contributed by atoms with E-state index in [9.17, 15) is 4.79 Å². The van der Waals surface area contributed by atoms with Crippen LogP contribution in [-0.2, 0) is 4.79 Å². The van der Waals surface area contributed by atoms with Crippen LogP contribution in [0.25, 0.3) is 0 Å². The Kier molecular flexibility index (Phi) is 9.79. The van der Waals surface area contributed by atoms with Gasteiger partial charge in [-0.1, -0.05) is 40.0 Å². The lowest BCUT2D eigenvalue weighted by atomic mass is 9.89. The molecule has 0 bridgehead atoms. The first kappa shape index (κ1) is 18.4. The number of primary amides is 1. The van der Waals surface area contributed by atoms with Crippen molar-refractivity contribution in [1.82, 2.24) is 0 Å². The van der Waals surface area contributed by atoms with Crippen molar-refractivity contribution in [3.8, 4) is 12.3 Å². The highest BCUT2D eigenvalue weighted by atomic mass is 16.3. The monoisotopic (exact) mass is 241 g/mol. The molecule has 17 heavy (non-hydrogen) atoms. The molecule has 3 atom stereocenters. The summed E-state index contributed by atoms with van der Waals surface area (Å²) in [6, 6.07) is 0. The first-order valence-electron chi connectivity index (χ1n) is 6.25. The molecule has 3 N–H and O–H groups in total. The molecule has 0 spiro atoms. The number of nitrogens with two attached hydrogens (primary N) is 1. The molecule has 0 fully saturated rings. The first-order valence-corrected chi connectivity index (χ1v) is 6.25. The molecule has 0 rings (SSSR count). The van der Waals surface area contributed by atoms with E-state index in [1.807, 2.05) is 13.8 Å². The van der Waals surface area contributed by atoms with Crippen molar-refractivity contribution in [3.63, 3.8) is 0 Å². The zero-order valence-corrected chi connectivity index (χ0v) is 11.8. The molecule has 0 aliphatic rings. The molecule has 0 aliphatic heterocycles. The fourth-order valence-electron chi connectivity index (χ4n) is 1.27. The van der Waals surface area contributed by atoms with Gasteiger partial charge in [0.05, 0.1) is 0 Å². The van der Waals surface area contributed by atoms with Crippen LogP contribution < -0.4 is 5.73 Å². The highest BCUT2D eigenvalue weighted by Crippen LogP contribution is 2.17. The van der Waals surface area contributed by atoms with Gasteiger partial charge >= 0.3 is 0 Å². The van der Waals surface area contributed by atoms with Crippen LogP contribution >= 0.6 is 0 Å². The molecular weight excluding hydrogens is 214 g/mol. The SMILES string of the molecule is C#CC(C)(O)CC.CCC(C)C(CC)C(N)=O. The third-order valence-corrected chi connectivity index (χ3v) is 3.14. The second-order valence-corrected chi connectivity index (χ2v) is 4.57. The van der Waals surface area contributed by atoms with Gasteiger partial charge in [0.25, 0.3) is 0 Å². The number of carbonyl (C=O) groups is 1. The molecule has 3 heteroatoms. The fraction of sp³-hybridized carbons (Fsp3) is 0.786. The predicted molar refractivity (Wildman–Crippen MR) is 72.2 cm³/mol. The minimum Gasteiger partial charge on any atom is -0.378 e. The van der Waals surface area contributed by atoms with E-state index in [0.717, 1.165) is 12.8 Å². The second kappa shape index (κ2) is 9.07. The van der Waals surface area contributed by atoms with Crippen LogP contribution in [0.3, 0.4) is 0 Å². The molecule has 0 heterocycles. The highest BCUT2D eigenvalue weighted by molar-refractivity contribution is 5.76. The Bertz CT molecular complexity index is 253. The van der Waals surface area contributed by atoms with Gasteiger partial charge in [0, 0.05) is 5.92 Å². The number of amides is 1. The molecular formula is C14H27NO2. The second-order valence-electron chi connectivity index (χ2n) is 4.57. The maximum absolute atomic E-state index is 10.8. The summed E-state index contributed by atoms with van der Waals surface area (Å²) in [6.07, 6.45) is 7.43. The maximum atomic E-state index is 10.8. The minimum absolute atomic E-state index is 0.0741. The van der Waals surface area contributed by atoms with Gasteiger partial charge < -0.3 is 10.8 Å². The first-order chi connectivity index (χ1) is 7.75. The minimum atomic E-state index is -0.889. The van der Waals surface area contributed by atoms with Crippen molar-refractivity contribution in [2.24, 2.45) is 17.6 Å². The standard InChI is InChI=1S/C8H17NO.C6H10O/c1-4-6(3)7(5-2)8(9)10;1-4-6(3,7)5-2/h6-7H,4-5H2,1-3H3,(H2,9,10);1,7H,5H2,2-3H3. The normalized spacial score (nSPS) is 16.8. The number of hydrogen-bond donors (Lipinski definition) is 2. The Morgan fingerprint density at radius 1 is 1.41 bits per heavy atom. The van der Waals surface area contributed by atoms with Gasteiger partial charge in [-0.3, -0.25) is 4.79 Å². The van der Waals surface area contributed by atoms with Crippen molar-refractivity contribution in [3.05, 3.63) is 0 Å². The molecule has 100 valence electrons. The number of hydrogen-bond acceptors (Lipinski definition) is 2. The molecule has 0 aromatic rings. The molecule has 3 unspecified atom stereocenters. The van der Waals surface area contributed by atoms with E-state index < -0.39 is 5.60 Å². The lowest BCUT2D eigenvalue weighted by molar-refractivity contribution is -0.123. The lowest BCUT2D eigenvalue weighted by Gasteiger charge is -2.16. The van der Waals surface area contributed by atoms with E-state index >= 15 is 0 Å². The van der Waals surface area contributed by atoms with Gasteiger partial charge in [0.2, 0.25) is 5.91 Å². The van der Waals surface area contributed by atoms with Gasteiger partial charge in [0.15, 0.2) is 0 Å². The summed E-state index contributed by atoms with van der Waals surface area (Å²) in [4.78, 5) is 10.8. The third-order valence-electron chi connectivity index (χ3n) is 3.14. The van der Waals surface area contributed by atoms with E-state index in [0.29, 0.717) is 12.3 Å². The molecule has 3 nitrogen and oxygen atoms in total. The van der Waals surface area contributed by atoms with Crippen molar-refractivity contribution >= 4 is 5.91 Å². The van der Waals surface area contributed by atoms with Gasteiger partial charge in [0.1, 0.15) is 5.60 Å². The summed E-state index contributed by atoms with van der Waals surface area (Å²) in [6.45, 7) is 9.61. The van der Waals surface area contributed by atoms with Crippen molar-refractivity contribution in [1.29, 1.82) is 0 Å². The molecule has 0 radical (unpaired) electrons. The maximum Gasteiger partial charge on any atom is 0.220 e. The Morgan fingerprint density at radius 3 is 1.94 bits per heavy atom. The molecule has 1 amide bonds. The largest absolute Gasteiger partial charge is 0.378 e. The van der Waals surface area contributed by atoms with E-state index in [2.05, 4.69) is 19.8 Å². The fourth-order valence-corrected chi connectivity index (χ4v) is 1.27. The number of terminal acetylenes is 1. The van der Waals surface area contributed by atoms with E-state index in [1.54, 1.807) is 6.92 Å². The van der Waals surface area contributed by atoms with Gasteiger partial charge in [-0.05, 0) is 25.7 Å². The van der Waals surface area contributed by atoms with Gasteiger partial charge in [-0.15, -0.1) is 6.42 Å². The topological polar surface area (TPSA) is 63.3 Å². The van der Waals surface area contributed by atoms with Crippen LogP contribution in [0, 0.1) is 24.2 Å². The van der Waals surface area contributed by atoms with Crippen LogP contribution in [0.5, 0.6) is 0 Å². The van der Waals surface area contributed by atoms with Crippen LogP contribution in [0.1, 0.15) is 53.9 Å². The Morgan fingerprint density at radius 2 is 1.88 bits per heavy atom. The predicted octanol–water partition coefficient (Wildman–Crippen LogP) is 2.32. The van der Waals surface area contributed by atoms with Crippen LogP contribution in [0.15, 0.2) is 0 Å². The smallest absolute Gasteiger partial charge is 0.220 e. The summed E-state index contributed by atoms with van der Waals surface area (Å²) in [5.74, 6) is 2.60. The average Bonchev–Trinajstić information content (AvgIpc) is 2.30. The van der Waals surface area contributed by atoms with Crippen LogP contribution in [0.2, 0.25) is 0 Å². The van der Waals surface area contributed by atoms with Gasteiger partial charge in [-0.25, -0.2) is 0 Å². The van der Waals surface area contributed by atoms with Crippen LogP contribution in [-0.4, -0.2) is 16.6 Å². The third kappa shape index (κ3) is 8.76. The molecule has 0 saturated heterocycles. The summed E-state index contributed by atoms with van der Waals surface area (Å²) in [5.41, 5.74) is 4.30. The summed E-state index contributed by atoms with van der Waals surface area (Å²) in [5, 5.41) is 8.90. The summed E-state index contributed by atoms with van der Waals surface area (Å²) in [7, 11) is 0. The molecule has 0 aliphatic carbocycles. The zero-order valence-electron chi connectivity index (χ0n) is 11.8. The average molecular weight is 241 g/mol. The molecule has 0 aromatic carbocycles. The van der Waals surface area contributed by atoms with Crippen LogP contribution in [0.4, 0.5) is 0 Å².